The number of alkyl halides is 3. The fraction of sp³-hybridized carbons (Fsp3) is 0.276. The number of anilines is 1. The molecule has 3 amide bonds. The van der Waals surface area contributed by atoms with E-state index in [9.17, 15) is 47.4 Å². The summed E-state index contributed by atoms with van der Waals surface area (Å²) in [5.74, 6) is -6.85. The molecule has 2 aliphatic heterocycles. The highest BCUT2D eigenvalue weighted by Crippen LogP contribution is 2.41. The lowest BCUT2D eigenvalue weighted by Gasteiger charge is -2.49. The molecule has 0 saturated carbocycles. The standard InChI is InChI=1S/C29H25F3N10O9S3/c1-2-8-50-37-16(24(45)46)9-41-28(36-39-40-41)54-12-15-11-52-23-19(22(44)42(23)20(15)25(47)48)34-21(43)18(38-51-10-14-6-4-3-5-7-14)17-13-53-27(33-17)35-26(49)29(30,31)32/h2-7,13,19,23H,1,8-12H2,(H,34,43)(H,45,46)(H,47,48)(H,33,35,49)/t19?,23-/m0/s1. The van der Waals surface area contributed by atoms with Gasteiger partial charge in [-0.1, -0.05) is 65.1 Å². The molecule has 4 heterocycles. The number of halogens is 3. The molecule has 0 radical (unpaired) electrons. The third-order valence-electron chi connectivity index (χ3n) is 6.99. The van der Waals surface area contributed by atoms with Crippen LogP contribution in [0.1, 0.15) is 11.3 Å². The molecule has 2 aromatic heterocycles. The first kappa shape index (κ1) is 39.4. The van der Waals surface area contributed by atoms with E-state index in [0.29, 0.717) is 22.5 Å². The van der Waals surface area contributed by atoms with Gasteiger partial charge in [-0.3, -0.25) is 24.6 Å². The Kier molecular flexibility index (Phi) is 12.6. The van der Waals surface area contributed by atoms with Crippen LogP contribution in [0.4, 0.5) is 18.3 Å². The number of tetrazole rings is 1. The van der Waals surface area contributed by atoms with Crippen molar-refractivity contribution in [1.29, 1.82) is 0 Å². The van der Waals surface area contributed by atoms with Crippen molar-refractivity contribution in [1.82, 2.24) is 35.4 Å². The van der Waals surface area contributed by atoms with Crippen LogP contribution in [0.5, 0.6) is 0 Å². The van der Waals surface area contributed by atoms with Gasteiger partial charge in [-0.05, 0) is 21.6 Å². The lowest BCUT2D eigenvalue weighted by atomic mass is 10.0. The van der Waals surface area contributed by atoms with Gasteiger partial charge < -0.3 is 25.2 Å². The second kappa shape index (κ2) is 17.3. The molecule has 1 fully saturated rings. The minimum atomic E-state index is -5.20. The van der Waals surface area contributed by atoms with Gasteiger partial charge in [0.2, 0.25) is 5.16 Å². The predicted molar refractivity (Wildman–Crippen MR) is 184 cm³/mol. The number of oxime groups is 2. The zero-order valence-corrected chi connectivity index (χ0v) is 29.6. The van der Waals surface area contributed by atoms with Gasteiger partial charge in [-0.15, -0.1) is 28.2 Å². The van der Waals surface area contributed by atoms with Crippen LogP contribution in [0.25, 0.3) is 0 Å². The SMILES string of the molecule is C=CCON=C(Cn1nnnc1SCC1=C(C(=O)O)N2C(=O)C(NC(=O)C(=NOCc3ccccc3)c3csc(NC(=O)C(F)(F)F)n3)[C@@H]2SC1)C(=O)O. The summed E-state index contributed by atoms with van der Waals surface area (Å²) in [6, 6.07) is 7.38. The normalized spacial score (nSPS) is 17.3. The highest BCUT2D eigenvalue weighted by atomic mass is 32.2. The molecule has 5 rings (SSSR count). The number of carboxylic acids is 2. The van der Waals surface area contributed by atoms with Crippen LogP contribution in [-0.2, 0) is 46.8 Å². The number of benzene rings is 1. The van der Waals surface area contributed by atoms with Crippen molar-refractivity contribution in [2.24, 2.45) is 10.3 Å². The number of fused-ring (bicyclic) bond motifs is 1. The molecule has 1 unspecified atom stereocenters. The summed E-state index contributed by atoms with van der Waals surface area (Å²) in [6.07, 6.45) is -3.84. The molecular weight excluding hydrogens is 786 g/mol. The molecule has 2 aliphatic rings. The second-order valence-electron chi connectivity index (χ2n) is 10.6. The predicted octanol–water partition coefficient (Wildman–Crippen LogP) is 1.73. The summed E-state index contributed by atoms with van der Waals surface area (Å²) in [6.45, 7) is 2.89. The van der Waals surface area contributed by atoms with E-state index < -0.39 is 63.8 Å². The van der Waals surface area contributed by atoms with E-state index in [2.05, 4.69) is 42.7 Å². The third-order valence-corrected chi connectivity index (χ3v) is 10.1. The molecule has 284 valence electrons. The molecule has 19 nitrogen and oxygen atoms in total. The topological polar surface area (TPSA) is 253 Å². The Morgan fingerprint density at radius 1 is 1.15 bits per heavy atom. The number of thiazole rings is 1. The van der Waals surface area contributed by atoms with Crippen molar-refractivity contribution >= 4 is 81.1 Å². The highest BCUT2D eigenvalue weighted by molar-refractivity contribution is 8.01. The largest absolute Gasteiger partial charge is 0.477 e. The molecule has 0 aliphatic carbocycles. The fourth-order valence-corrected chi connectivity index (χ4v) is 7.61. The van der Waals surface area contributed by atoms with E-state index in [1.165, 1.54) is 6.08 Å². The van der Waals surface area contributed by atoms with Crippen LogP contribution in [0.15, 0.2) is 75.1 Å². The number of carbonyl (C=O) groups excluding carboxylic acids is 3. The lowest BCUT2D eigenvalue weighted by molar-refractivity contribution is -0.167. The Labute approximate surface area is 313 Å². The molecule has 54 heavy (non-hydrogen) atoms. The number of carboxylic acid groups (broad SMARTS) is 2. The quantitative estimate of drug-likeness (QED) is 0.0378. The molecule has 0 bridgehead atoms. The average Bonchev–Trinajstić information content (AvgIpc) is 3.79. The lowest BCUT2D eigenvalue weighted by Crippen LogP contribution is -2.71. The second-order valence-corrected chi connectivity index (χ2v) is 13.5. The molecular formula is C29H25F3N10O9S3. The summed E-state index contributed by atoms with van der Waals surface area (Å²) in [5, 5.41) is 42.0. The average molecular weight is 811 g/mol. The number of hydrogen-bond acceptors (Lipinski definition) is 16. The number of thioether (sulfide) groups is 2. The zero-order chi connectivity index (χ0) is 39.0. The zero-order valence-electron chi connectivity index (χ0n) is 27.1. The van der Waals surface area contributed by atoms with Crippen molar-refractivity contribution in [3.8, 4) is 0 Å². The van der Waals surface area contributed by atoms with E-state index in [1.807, 2.05) is 0 Å². The van der Waals surface area contributed by atoms with Gasteiger partial charge in [0, 0.05) is 16.9 Å². The number of hydrogen-bond donors (Lipinski definition) is 4. The Morgan fingerprint density at radius 2 is 1.91 bits per heavy atom. The van der Waals surface area contributed by atoms with Crippen molar-refractivity contribution in [3.63, 3.8) is 0 Å². The van der Waals surface area contributed by atoms with Gasteiger partial charge in [-0.2, -0.15) is 13.2 Å². The number of nitrogens with zero attached hydrogens (tertiary/aromatic N) is 8. The summed E-state index contributed by atoms with van der Waals surface area (Å²) >= 11 is 2.69. The minimum absolute atomic E-state index is 0.0262. The van der Waals surface area contributed by atoms with Crippen molar-refractivity contribution in [2.75, 3.05) is 23.4 Å². The molecule has 1 saturated heterocycles. The van der Waals surface area contributed by atoms with Crippen LogP contribution in [0, 0.1) is 0 Å². The van der Waals surface area contributed by atoms with E-state index in [0.717, 1.165) is 38.5 Å². The minimum Gasteiger partial charge on any atom is -0.477 e. The first-order valence-corrected chi connectivity index (χ1v) is 17.9. The number of β-lactam (4-membered cyclic amide) rings is 1. The summed E-state index contributed by atoms with van der Waals surface area (Å²) in [5.41, 5.74) is -0.611. The van der Waals surface area contributed by atoms with Crippen molar-refractivity contribution in [3.05, 3.63) is 70.9 Å². The number of carbonyl (C=O) groups is 5. The first-order valence-electron chi connectivity index (χ1n) is 15.0. The highest BCUT2D eigenvalue weighted by Gasteiger charge is 2.54. The maximum Gasteiger partial charge on any atom is 0.471 e. The molecule has 2 atom stereocenters. The Balaban J connectivity index is 1.30. The van der Waals surface area contributed by atoms with Crippen molar-refractivity contribution < 1.29 is 57.0 Å². The number of aromatic nitrogens is 5. The maximum absolute atomic E-state index is 13.5. The first-order chi connectivity index (χ1) is 25.8. The Hall–Kier alpha value is -5.82. The summed E-state index contributed by atoms with van der Waals surface area (Å²) in [7, 11) is 0. The smallest absolute Gasteiger partial charge is 0.471 e. The van der Waals surface area contributed by atoms with Gasteiger partial charge in [-0.25, -0.2) is 19.3 Å². The van der Waals surface area contributed by atoms with Crippen LogP contribution >= 0.6 is 34.9 Å². The Bertz CT molecular complexity index is 2040. The fourth-order valence-electron chi connectivity index (χ4n) is 4.56. The van der Waals surface area contributed by atoms with Crippen LogP contribution in [0.2, 0.25) is 0 Å². The van der Waals surface area contributed by atoms with Crippen LogP contribution in [-0.4, -0.2) is 117 Å². The summed E-state index contributed by atoms with van der Waals surface area (Å²) in [4.78, 5) is 77.4. The number of nitrogens with one attached hydrogen (secondary N) is 2. The van der Waals surface area contributed by atoms with Gasteiger partial charge in [0.05, 0.1) is 6.54 Å². The van der Waals surface area contributed by atoms with E-state index in [1.54, 1.807) is 35.6 Å². The molecule has 25 heteroatoms. The molecule has 0 spiro atoms. The molecule has 4 N–H and O–H groups in total. The summed E-state index contributed by atoms with van der Waals surface area (Å²) < 4.78 is 39.5. The third kappa shape index (κ3) is 9.39. The maximum atomic E-state index is 13.5. The van der Waals surface area contributed by atoms with Gasteiger partial charge in [0.15, 0.2) is 16.6 Å². The Morgan fingerprint density at radius 3 is 2.59 bits per heavy atom. The number of amides is 3. The van der Waals surface area contributed by atoms with E-state index >= 15 is 0 Å². The van der Waals surface area contributed by atoms with E-state index in [-0.39, 0.29) is 47.8 Å². The van der Waals surface area contributed by atoms with Crippen LogP contribution in [0.3, 0.4) is 0 Å². The molecule has 3 aromatic rings. The van der Waals surface area contributed by atoms with E-state index in [4.69, 9.17) is 9.68 Å². The van der Waals surface area contributed by atoms with Gasteiger partial charge in [0.1, 0.15) is 36.0 Å². The monoisotopic (exact) mass is 810 g/mol. The number of aliphatic carboxylic acids is 2. The molecule has 1 aromatic carbocycles. The number of rotatable bonds is 17. The van der Waals surface area contributed by atoms with Gasteiger partial charge in [0.25, 0.3) is 11.8 Å². The van der Waals surface area contributed by atoms with Crippen molar-refractivity contribution in [2.45, 2.75) is 35.9 Å². The van der Waals surface area contributed by atoms with Crippen LogP contribution < -0.4 is 10.6 Å². The van der Waals surface area contributed by atoms with Gasteiger partial charge >= 0.3 is 24.0 Å².